The van der Waals surface area contributed by atoms with Gasteiger partial charge in [0.05, 0.1) is 6.61 Å². The number of rotatable bonds is 6. The van der Waals surface area contributed by atoms with Crippen molar-refractivity contribution in [3.8, 4) is 5.75 Å². The molecule has 1 aromatic carbocycles. The van der Waals surface area contributed by atoms with Gasteiger partial charge in [-0.1, -0.05) is 17.7 Å². The molecule has 0 aromatic heterocycles. The zero-order valence-electron chi connectivity index (χ0n) is 10.5. The zero-order chi connectivity index (χ0) is 12.7. The summed E-state index contributed by atoms with van der Waals surface area (Å²) in [5.74, 6) is 0.563. The Morgan fingerprint density at radius 2 is 2.00 bits per heavy atom. The van der Waals surface area contributed by atoms with Crippen LogP contribution in [-0.2, 0) is 9.53 Å². The maximum absolute atomic E-state index is 11.6. The average Bonchev–Trinajstić information content (AvgIpc) is 2.32. The van der Waals surface area contributed by atoms with Crippen LogP contribution in [0.2, 0.25) is 0 Å². The number of benzene rings is 1. The molecule has 0 aliphatic carbocycles. The summed E-state index contributed by atoms with van der Waals surface area (Å²) in [6, 6.07) is 7.61. The second-order valence-corrected chi connectivity index (χ2v) is 3.86. The van der Waals surface area contributed by atoms with Crippen LogP contribution in [-0.4, -0.2) is 32.3 Å². The average molecular weight is 237 g/mol. The molecule has 17 heavy (non-hydrogen) atoms. The highest BCUT2D eigenvalue weighted by Gasteiger charge is 2.13. The third-order valence-corrected chi connectivity index (χ3v) is 2.31. The van der Waals surface area contributed by atoms with Gasteiger partial charge in [0.2, 0.25) is 0 Å². The standard InChI is InChI=1S/C13H19NO3/c1-10-4-6-12(7-5-10)17-11(2)13(15)14-8-9-16-3/h4-7,11H,8-9H2,1-3H3,(H,14,15). The van der Waals surface area contributed by atoms with Crippen LogP contribution in [0.3, 0.4) is 0 Å². The van der Waals surface area contributed by atoms with E-state index in [4.69, 9.17) is 9.47 Å². The van der Waals surface area contributed by atoms with Gasteiger partial charge in [-0.15, -0.1) is 0 Å². The Hall–Kier alpha value is -1.55. The molecule has 0 fully saturated rings. The van der Waals surface area contributed by atoms with Crippen molar-refractivity contribution in [2.45, 2.75) is 20.0 Å². The third kappa shape index (κ3) is 4.87. The predicted molar refractivity (Wildman–Crippen MR) is 66.2 cm³/mol. The van der Waals surface area contributed by atoms with Crippen LogP contribution in [0.25, 0.3) is 0 Å². The lowest BCUT2D eigenvalue weighted by Crippen LogP contribution is -2.37. The number of amides is 1. The lowest BCUT2D eigenvalue weighted by atomic mass is 10.2. The van der Waals surface area contributed by atoms with Crippen LogP contribution in [0, 0.1) is 6.92 Å². The van der Waals surface area contributed by atoms with Crippen LogP contribution in [0.5, 0.6) is 5.75 Å². The van der Waals surface area contributed by atoms with Crippen molar-refractivity contribution in [3.63, 3.8) is 0 Å². The highest BCUT2D eigenvalue weighted by Crippen LogP contribution is 2.13. The van der Waals surface area contributed by atoms with Gasteiger partial charge in [-0.2, -0.15) is 0 Å². The quantitative estimate of drug-likeness (QED) is 0.763. The van der Waals surface area contributed by atoms with Crippen LogP contribution in [0.15, 0.2) is 24.3 Å². The first-order valence-corrected chi connectivity index (χ1v) is 5.63. The van der Waals surface area contributed by atoms with E-state index in [1.165, 1.54) is 0 Å². The van der Waals surface area contributed by atoms with E-state index >= 15 is 0 Å². The fourth-order valence-electron chi connectivity index (χ4n) is 1.29. The van der Waals surface area contributed by atoms with Crippen molar-refractivity contribution in [2.75, 3.05) is 20.3 Å². The van der Waals surface area contributed by atoms with E-state index in [-0.39, 0.29) is 5.91 Å². The van der Waals surface area contributed by atoms with Crippen molar-refractivity contribution in [2.24, 2.45) is 0 Å². The molecule has 0 aliphatic rings. The summed E-state index contributed by atoms with van der Waals surface area (Å²) in [7, 11) is 1.60. The van der Waals surface area contributed by atoms with E-state index in [1.54, 1.807) is 14.0 Å². The van der Waals surface area contributed by atoms with Crippen LogP contribution < -0.4 is 10.1 Å². The minimum atomic E-state index is -0.505. The Bertz CT molecular complexity index is 348. The summed E-state index contributed by atoms with van der Waals surface area (Å²) in [5.41, 5.74) is 1.16. The monoisotopic (exact) mass is 237 g/mol. The van der Waals surface area contributed by atoms with Crippen LogP contribution >= 0.6 is 0 Å². The molecule has 1 amide bonds. The fourth-order valence-corrected chi connectivity index (χ4v) is 1.29. The van der Waals surface area contributed by atoms with Crippen molar-refractivity contribution in [1.82, 2.24) is 5.32 Å². The van der Waals surface area contributed by atoms with Gasteiger partial charge in [0, 0.05) is 13.7 Å². The van der Waals surface area contributed by atoms with Gasteiger partial charge >= 0.3 is 0 Å². The molecule has 0 saturated heterocycles. The Kier molecular flexibility index (Phi) is 5.49. The lowest BCUT2D eigenvalue weighted by Gasteiger charge is -2.14. The molecule has 94 valence electrons. The zero-order valence-corrected chi connectivity index (χ0v) is 10.5. The molecule has 0 saturated carbocycles. The van der Waals surface area contributed by atoms with Crippen molar-refractivity contribution < 1.29 is 14.3 Å². The molecule has 4 heteroatoms. The third-order valence-electron chi connectivity index (χ3n) is 2.31. The molecule has 4 nitrogen and oxygen atoms in total. The first kappa shape index (κ1) is 13.5. The number of hydrogen-bond acceptors (Lipinski definition) is 3. The Morgan fingerprint density at radius 1 is 1.35 bits per heavy atom. The van der Waals surface area contributed by atoms with Crippen molar-refractivity contribution in [1.29, 1.82) is 0 Å². The second kappa shape index (κ2) is 6.91. The molecule has 0 radical (unpaired) electrons. The number of methoxy groups -OCH3 is 1. The first-order valence-electron chi connectivity index (χ1n) is 5.63. The van der Waals surface area contributed by atoms with Crippen molar-refractivity contribution >= 4 is 5.91 Å². The van der Waals surface area contributed by atoms with Gasteiger partial charge in [-0.25, -0.2) is 0 Å². The van der Waals surface area contributed by atoms with Gasteiger partial charge < -0.3 is 14.8 Å². The minimum absolute atomic E-state index is 0.136. The van der Waals surface area contributed by atoms with Gasteiger partial charge in [-0.3, -0.25) is 4.79 Å². The van der Waals surface area contributed by atoms with Crippen LogP contribution in [0.4, 0.5) is 0 Å². The van der Waals surface area contributed by atoms with Gasteiger partial charge in [0.15, 0.2) is 6.10 Å². The molecule has 0 spiro atoms. The van der Waals surface area contributed by atoms with Crippen LogP contribution in [0.1, 0.15) is 12.5 Å². The van der Waals surface area contributed by atoms with E-state index in [1.807, 2.05) is 31.2 Å². The largest absolute Gasteiger partial charge is 0.481 e. The number of aryl methyl sites for hydroxylation is 1. The minimum Gasteiger partial charge on any atom is -0.481 e. The Labute approximate surface area is 102 Å². The molecule has 1 aromatic rings. The summed E-state index contributed by atoms with van der Waals surface area (Å²) in [5, 5.41) is 2.73. The summed E-state index contributed by atoms with van der Waals surface area (Å²) in [4.78, 5) is 11.6. The summed E-state index contributed by atoms with van der Waals surface area (Å²) >= 11 is 0. The smallest absolute Gasteiger partial charge is 0.260 e. The fraction of sp³-hybridized carbons (Fsp3) is 0.462. The number of nitrogens with one attached hydrogen (secondary N) is 1. The second-order valence-electron chi connectivity index (χ2n) is 3.86. The summed E-state index contributed by atoms with van der Waals surface area (Å²) in [6.45, 7) is 4.73. The molecule has 0 bridgehead atoms. The maximum atomic E-state index is 11.6. The maximum Gasteiger partial charge on any atom is 0.260 e. The van der Waals surface area contributed by atoms with E-state index in [9.17, 15) is 4.79 Å². The Balaban J connectivity index is 2.40. The number of carbonyl (C=O) groups excluding carboxylic acids is 1. The highest BCUT2D eigenvalue weighted by molar-refractivity contribution is 5.80. The number of hydrogen-bond donors (Lipinski definition) is 1. The topological polar surface area (TPSA) is 47.6 Å². The number of ether oxygens (including phenoxy) is 2. The summed E-state index contributed by atoms with van der Waals surface area (Å²) in [6.07, 6.45) is -0.505. The van der Waals surface area contributed by atoms with Gasteiger partial charge in [0.1, 0.15) is 5.75 Å². The number of carbonyl (C=O) groups is 1. The molecular formula is C13H19NO3. The molecule has 1 unspecified atom stereocenters. The molecular weight excluding hydrogens is 218 g/mol. The predicted octanol–water partition coefficient (Wildman–Crippen LogP) is 1.52. The highest BCUT2D eigenvalue weighted by atomic mass is 16.5. The lowest BCUT2D eigenvalue weighted by molar-refractivity contribution is -0.127. The normalized spacial score (nSPS) is 11.9. The van der Waals surface area contributed by atoms with E-state index < -0.39 is 6.10 Å². The van der Waals surface area contributed by atoms with E-state index in [2.05, 4.69) is 5.32 Å². The molecule has 1 N–H and O–H groups in total. The van der Waals surface area contributed by atoms with E-state index in [0.29, 0.717) is 18.9 Å². The van der Waals surface area contributed by atoms with E-state index in [0.717, 1.165) is 5.56 Å². The Morgan fingerprint density at radius 3 is 2.59 bits per heavy atom. The SMILES string of the molecule is COCCNC(=O)C(C)Oc1ccc(C)cc1. The van der Waals surface area contributed by atoms with Gasteiger partial charge in [0.25, 0.3) is 5.91 Å². The molecule has 0 aliphatic heterocycles. The molecule has 1 rings (SSSR count). The molecule has 1 atom stereocenters. The summed E-state index contributed by atoms with van der Waals surface area (Å²) < 4.78 is 10.4. The first-order chi connectivity index (χ1) is 8.13. The van der Waals surface area contributed by atoms with Gasteiger partial charge in [-0.05, 0) is 26.0 Å². The molecule has 0 heterocycles. The van der Waals surface area contributed by atoms with Crippen molar-refractivity contribution in [3.05, 3.63) is 29.8 Å².